The molecular weight excluding hydrogens is 246 g/mol. The van der Waals surface area contributed by atoms with Crippen molar-refractivity contribution in [2.45, 2.75) is 38.6 Å². The highest BCUT2D eigenvalue weighted by Crippen LogP contribution is 2.38. The standard InChI is InChI=1S/C15H22ClNO/c1-11-7-12(2)9-15(8-11,10-18)17-14-5-3-13(16)4-6-14/h3-6,11-12,17-18H,7-10H2,1-2H3. The molecule has 3 heteroatoms. The van der Waals surface area contributed by atoms with Crippen molar-refractivity contribution < 1.29 is 5.11 Å². The van der Waals surface area contributed by atoms with E-state index < -0.39 is 0 Å². The molecule has 2 rings (SSSR count). The fraction of sp³-hybridized carbons (Fsp3) is 0.600. The molecule has 2 N–H and O–H groups in total. The van der Waals surface area contributed by atoms with Gasteiger partial charge in [-0.25, -0.2) is 0 Å². The number of nitrogens with one attached hydrogen (secondary N) is 1. The molecule has 18 heavy (non-hydrogen) atoms. The van der Waals surface area contributed by atoms with Crippen LogP contribution in [0.1, 0.15) is 33.1 Å². The maximum Gasteiger partial charge on any atom is 0.0661 e. The van der Waals surface area contributed by atoms with Crippen molar-refractivity contribution in [2.75, 3.05) is 11.9 Å². The predicted octanol–water partition coefficient (Wildman–Crippen LogP) is 3.94. The number of rotatable bonds is 3. The van der Waals surface area contributed by atoms with Crippen LogP contribution in [0.2, 0.25) is 5.02 Å². The van der Waals surface area contributed by atoms with Crippen LogP contribution in [0.4, 0.5) is 5.69 Å². The third-order valence-corrected chi connectivity index (χ3v) is 4.09. The van der Waals surface area contributed by atoms with Crippen molar-refractivity contribution in [1.29, 1.82) is 0 Å². The summed E-state index contributed by atoms with van der Waals surface area (Å²) in [6.07, 6.45) is 3.30. The summed E-state index contributed by atoms with van der Waals surface area (Å²) in [4.78, 5) is 0. The average molecular weight is 268 g/mol. The van der Waals surface area contributed by atoms with Crippen molar-refractivity contribution in [3.8, 4) is 0 Å². The lowest BCUT2D eigenvalue weighted by Gasteiger charge is -2.43. The minimum Gasteiger partial charge on any atom is -0.394 e. The zero-order valence-corrected chi connectivity index (χ0v) is 11.9. The van der Waals surface area contributed by atoms with Gasteiger partial charge in [0.05, 0.1) is 12.1 Å². The van der Waals surface area contributed by atoms with Crippen LogP contribution < -0.4 is 5.32 Å². The van der Waals surface area contributed by atoms with Crippen LogP contribution in [-0.4, -0.2) is 17.3 Å². The Kier molecular flexibility index (Phi) is 4.18. The number of hydrogen-bond donors (Lipinski definition) is 2. The summed E-state index contributed by atoms with van der Waals surface area (Å²) in [5.41, 5.74) is 0.861. The molecule has 2 nitrogen and oxygen atoms in total. The average Bonchev–Trinajstić information content (AvgIpc) is 2.31. The molecule has 1 aromatic rings. The van der Waals surface area contributed by atoms with Crippen LogP contribution in [0.3, 0.4) is 0 Å². The van der Waals surface area contributed by atoms with Gasteiger partial charge in [-0.15, -0.1) is 0 Å². The minimum atomic E-state index is -0.176. The van der Waals surface area contributed by atoms with Crippen LogP contribution in [0, 0.1) is 11.8 Å². The molecule has 0 aliphatic heterocycles. The summed E-state index contributed by atoms with van der Waals surface area (Å²) in [5.74, 6) is 1.31. The summed E-state index contributed by atoms with van der Waals surface area (Å²) in [5, 5.41) is 14.1. The van der Waals surface area contributed by atoms with Gasteiger partial charge in [0.25, 0.3) is 0 Å². The van der Waals surface area contributed by atoms with Crippen molar-refractivity contribution in [1.82, 2.24) is 0 Å². The summed E-state index contributed by atoms with van der Waals surface area (Å²) in [6.45, 7) is 4.72. The number of anilines is 1. The summed E-state index contributed by atoms with van der Waals surface area (Å²) < 4.78 is 0. The molecule has 1 aliphatic rings. The molecule has 2 unspecified atom stereocenters. The fourth-order valence-electron chi connectivity index (χ4n) is 3.38. The smallest absolute Gasteiger partial charge is 0.0661 e. The molecule has 100 valence electrons. The van der Waals surface area contributed by atoms with Gasteiger partial charge in [-0.1, -0.05) is 25.4 Å². The topological polar surface area (TPSA) is 32.3 Å². The Hall–Kier alpha value is -0.730. The quantitative estimate of drug-likeness (QED) is 0.869. The van der Waals surface area contributed by atoms with Gasteiger partial charge in [0.1, 0.15) is 0 Å². The highest BCUT2D eigenvalue weighted by molar-refractivity contribution is 6.30. The Morgan fingerprint density at radius 3 is 2.28 bits per heavy atom. The summed E-state index contributed by atoms with van der Waals surface area (Å²) in [7, 11) is 0. The van der Waals surface area contributed by atoms with Crippen LogP contribution in [0.5, 0.6) is 0 Å². The van der Waals surface area contributed by atoms with Crippen LogP contribution in [-0.2, 0) is 0 Å². The Morgan fingerprint density at radius 2 is 1.78 bits per heavy atom. The van der Waals surface area contributed by atoms with Gasteiger partial charge in [0.2, 0.25) is 0 Å². The summed E-state index contributed by atoms with van der Waals surface area (Å²) in [6, 6.07) is 7.71. The third-order valence-electron chi connectivity index (χ3n) is 3.84. The third kappa shape index (κ3) is 3.18. The second kappa shape index (κ2) is 5.50. The monoisotopic (exact) mass is 267 g/mol. The van der Waals surface area contributed by atoms with Crippen molar-refractivity contribution in [3.63, 3.8) is 0 Å². The van der Waals surface area contributed by atoms with Crippen LogP contribution in [0.25, 0.3) is 0 Å². The molecular formula is C15H22ClNO. The normalized spacial score (nSPS) is 32.2. The molecule has 2 atom stereocenters. The molecule has 1 saturated carbocycles. The van der Waals surface area contributed by atoms with E-state index in [1.807, 2.05) is 24.3 Å². The maximum atomic E-state index is 9.80. The first-order chi connectivity index (χ1) is 8.53. The first-order valence-corrected chi connectivity index (χ1v) is 7.05. The van der Waals surface area contributed by atoms with E-state index in [9.17, 15) is 5.11 Å². The van der Waals surface area contributed by atoms with Gasteiger partial charge < -0.3 is 10.4 Å². The van der Waals surface area contributed by atoms with Crippen molar-refractivity contribution in [2.24, 2.45) is 11.8 Å². The van der Waals surface area contributed by atoms with Gasteiger partial charge in [-0.3, -0.25) is 0 Å². The van der Waals surface area contributed by atoms with E-state index in [1.165, 1.54) is 6.42 Å². The van der Waals surface area contributed by atoms with Gasteiger partial charge in [-0.2, -0.15) is 0 Å². The Labute approximate surface area is 114 Å². The van der Waals surface area contributed by atoms with Gasteiger partial charge in [-0.05, 0) is 55.4 Å². The van der Waals surface area contributed by atoms with E-state index in [2.05, 4.69) is 19.2 Å². The fourth-order valence-corrected chi connectivity index (χ4v) is 3.51. The minimum absolute atomic E-state index is 0.176. The van der Waals surface area contributed by atoms with E-state index in [0.29, 0.717) is 11.8 Å². The number of hydrogen-bond acceptors (Lipinski definition) is 2. The first-order valence-electron chi connectivity index (χ1n) is 6.67. The van der Waals surface area contributed by atoms with Crippen LogP contribution in [0.15, 0.2) is 24.3 Å². The van der Waals surface area contributed by atoms with Gasteiger partial charge >= 0.3 is 0 Å². The molecule has 0 radical (unpaired) electrons. The Balaban J connectivity index is 2.14. The SMILES string of the molecule is CC1CC(C)CC(CO)(Nc2ccc(Cl)cc2)C1. The highest BCUT2D eigenvalue weighted by atomic mass is 35.5. The van der Waals surface area contributed by atoms with E-state index in [-0.39, 0.29) is 12.1 Å². The number of benzene rings is 1. The largest absolute Gasteiger partial charge is 0.394 e. The van der Waals surface area contributed by atoms with Gasteiger partial charge in [0.15, 0.2) is 0 Å². The van der Waals surface area contributed by atoms with E-state index in [0.717, 1.165) is 23.6 Å². The predicted molar refractivity (Wildman–Crippen MR) is 77.1 cm³/mol. The van der Waals surface area contributed by atoms with Crippen LogP contribution >= 0.6 is 11.6 Å². The highest BCUT2D eigenvalue weighted by Gasteiger charge is 2.37. The lowest BCUT2D eigenvalue weighted by molar-refractivity contribution is 0.122. The molecule has 0 aromatic heterocycles. The Bertz CT molecular complexity index is 380. The second-order valence-corrected chi connectivity index (χ2v) is 6.36. The second-order valence-electron chi connectivity index (χ2n) is 5.92. The molecule has 1 fully saturated rings. The van der Waals surface area contributed by atoms with Crippen molar-refractivity contribution in [3.05, 3.63) is 29.3 Å². The first kappa shape index (κ1) is 13.7. The molecule has 1 aliphatic carbocycles. The maximum absolute atomic E-state index is 9.80. The molecule has 0 heterocycles. The van der Waals surface area contributed by atoms with E-state index >= 15 is 0 Å². The molecule has 0 amide bonds. The lowest BCUT2D eigenvalue weighted by Crippen LogP contribution is -2.48. The molecule has 0 saturated heterocycles. The lowest BCUT2D eigenvalue weighted by atomic mass is 9.72. The van der Waals surface area contributed by atoms with E-state index in [4.69, 9.17) is 11.6 Å². The molecule has 0 bridgehead atoms. The molecule has 1 aromatic carbocycles. The zero-order chi connectivity index (χ0) is 13.2. The Morgan fingerprint density at radius 1 is 1.22 bits per heavy atom. The molecule has 0 spiro atoms. The van der Waals surface area contributed by atoms with Crippen molar-refractivity contribution >= 4 is 17.3 Å². The van der Waals surface area contributed by atoms with Gasteiger partial charge in [0, 0.05) is 10.7 Å². The number of aliphatic hydroxyl groups excluding tert-OH is 1. The number of aliphatic hydroxyl groups is 1. The zero-order valence-electron chi connectivity index (χ0n) is 11.1. The summed E-state index contributed by atoms with van der Waals surface area (Å²) >= 11 is 5.89. The number of halogens is 1. The van der Waals surface area contributed by atoms with E-state index in [1.54, 1.807) is 0 Å².